The fourth-order valence-corrected chi connectivity index (χ4v) is 4.27. The molecular formula is C27H25ClF3N5O3. The Morgan fingerprint density at radius 2 is 1.67 bits per heavy atom. The molecule has 1 fully saturated rings. The van der Waals surface area contributed by atoms with Crippen molar-refractivity contribution in [1.29, 1.82) is 0 Å². The third-order valence-corrected chi connectivity index (χ3v) is 6.12. The summed E-state index contributed by atoms with van der Waals surface area (Å²) < 4.78 is 44.3. The zero-order valence-electron chi connectivity index (χ0n) is 20.6. The van der Waals surface area contributed by atoms with E-state index < -0.39 is 18.8 Å². The fourth-order valence-electron chi connectivity index (χ4n) is 4.27. The van der Waals surface area contributed by atoms with E-state index in [2.05, 4.69) is 10.3 Å². The molecule has 39 heavy (non-hydrogen) atoms. The van der Waals surface area contributed by atoms with Gasteiger partial charge in [-0.1, -0.05) is 24.3 Å². The molecule has 2 aromatic carbocycles. The first kappa shape index (κ1) is 27.9. The van der Waals surface area contributed by atoms with Crippen LogP contribution in [0.3, 0.4) is 0 Å². The number of benzene rings is 2. The Hall–Kier alpha value is -4.09. The number of urea groups is 1. The molecule has 1 aliphatic rings. The smallest absolute Gasteiger partial charge is 0.378 e. The average Bonchev–Trinajstić information content (AvgIpc) is 3.35. The van der Waals surface area contributed by atoms with Crippen molar-refractivity contribution in [1.82, 2.24) is 19.6 Å². The number of aromatic nitrogens is 2. The van der Waals surface area contributed by atoms with Crippen molar-refractivity contribution in [3.05, 3.63) is 78.6 Å². The number of ether oxygens (including phenoxy) is 1. The molecule has 204 valence electrons. The number of hydrogen-bond donors (Lipinski definition) is 2. The normalized spacial score (nSPS) is 13.6. The highest BCUT2D eigenvalue weighted by Crippen LogP contribution is 2.27. The van der Waals surface area contributed by atoms with Gasteiger partial charge in [0.05, 0.1) is 25.1 Å². The number of fused-ring (bicyclic) bond motifs is 1. The Labute approximate surface area is 228 Å². The van der Waals surface area contributed by atoms with Crippen LogP contribution in [0, 0.1) is 0 Å². The molecule has 8 nitrogen and oxygen atoms in total. The Morgan fingerprint density at radius 1 is 0.949 bits per heavy atom. The highest BCUT2D eigenvalue weighted by Gasteiger charge is 2.27. The number of anilines is 1. The van der Waals surface area contributed by atoms with Gasteiger partial charge >= 0.3 is 12.2 Å². The third kappa shape index (κ3) is 6.68. The molecule has 3 amide bonds. The Bertz CT molecular complexity index is 1490. The maximum atomic E-state index is 12.9. The van der Waals surface area contributed by atoms with Crippen molar-refractivity contribution in [2.45, 2.75) is 6.18 Å². The zero-order chi connectivity index (χ0) is 26.7. The van der Waals surface area contributed by atoms with Gasteiger partial charge in [-0.05, 0) is 47.5 Å². The van der Waals surface area contributed by atoms with E-state index in [-0.39, 0.29) is 18.3 Å². The van der Waals surface area contributed by atoms with E-state index in [1.54, 1.807) is 40.7 Å². The molecule has 12 heteroatoms. The second-order valence-corrected chi connectivity index (χ2v) is 8.78. The molecular weight excluding hydrogens is 535 g/mol. The summed E-state index contributed by atoms with van der Waals surface area (Å²) in [5.41, 5.74) is 4.85. The van der Waals surface area contributed by atoms with Crippen molar-refractivity contribution in [3.8, 4) is 22.4 Å². The lowest BCUT2D eigenvalue weighted by Gasteiger charge is -2.27. The summed E-state index contributed by atoms with van der Waals surface area (Å²) in [4.78, 5) is 31.0. The number of imidazole rings is 1. The summed E-state index contributed by atoms with van der Waals surface area (Å²) in [5.74, 6) is -0.0279. The third-order valence-electron chi connectivity index (χ3n) is 6.12. The summed E-state index contributed by atoms with van der Waals surface area (Å²) in [6.45, 7) is 0.795. The molecule has 1 saturated heterocycles. The molecule has 0 saturated carbocycles. The maximum Gasteiger partial charge on any atom is 0.405 e. The number of nitrogens with zero attached hydrogens (tertiary/aromatic N) is 3. The maximum absolute atomic E-state index is 12.9. The standard InChI is InChI=1S/C27H24F3N5O3.ClH/c28-27(29,30)17-32-26(37)33-22-6-2-4-20(14-22)23-16-31-24-15-19(7-8-35(23)24)18-3-1-5-21(13-18)25(36)34-9-11-38-12-10-34;/h1-8,13-16H,9-12,17H2,(H2,32,33,37);1H. The van der Waals surface area contributed by atoms with Crippen LogP contribution in [0.25, 0.3) is 28.0 Å². The van der Waals surface area contributed by atoms with Gasteiger partial charge in [-0.3, -0.25) is 9.20 Å². The predicted octanol–water partition coefficient (Wildman–Crippen LogP) is 5.25. The summed E-state index contributed by atoms with van der Waals surface area (Å²) in [6.07, 6.45) is -0.950. The topological polar surface area (TPSA) is 88.0 Å². The number of halogens is 4. The van der Waals surface area contributed by atoms with E-state index in [4.69, 9.17) is 4.74 Å². The quantitative estimate of drug-likeness (QED) is 0.350. The molecule has 2 N–H and O–H groups in total. The van der Waals surface area contributed by atoms with E-state index in [1.807, 2.05) is 47.0 Å². The Morgan fingerprint density at radius 3 is 2.44 bits per heavy atom. The monoisotopic (exact) mass is 559 g/mol. The van der Waals surface area contributed by atoms with Crippen LogP contribution in [-0.4, -0.2) is 65.2 Å². The number of amides is 3. The highest BCUT2D eigenvalue weighted by molar-refractivity contribution is 5.95. The van der Waals surface area contributed by atoms with Gasteiger partial charge in [0, 0.05) is 36.1 Å². The number of pyridine rings is 1. The first-order chi connectivity index (χ1) is 18.3. The SMILES string of the molecule is Cl.O=C(NCC(F)(F)F)Nc1cccc(-c2cnc3cc(-c4cccc(C(=O)N5CCOCC5)c4)ccn23)c1. The molecule has 2 aromatic heterocycles. The van der Waals surface area contributed by atoms with E-state index in [0.717, 1.165) is 22.4 Å². The van der Waals surface area contributed by atoms with Crippen molar-refractivity contribution < 1.29 is 27.5 Å². The number of hydrogen-bond acceptors (Lipinski definition) is 4. The molecule has 0 spiro atoms. The average molecular weight is 560 g/mol. The summed E-state index contributed by atoms with van der Waals surface area (Å²) in [5, 5.41) is 4.20. The lowest BCUT2D eigenvalue weighted by atomic mass is 10.0. The van der Waals surface area contributed by atoms with Crippen molar-refractivity contribution in [3.63, 3.8) is 0 Å². The van der Waals surface area contributed by atoms with Gasteiger partial charge in [0.1, 0.15) is 12.2 Å². The predicted molar refractivity (Wildman–Crippen MR) is 143 cm³/mol. The number of morpholine rings is 1. The van der Waals surface area contributed by atoms with Crippen LogP contribution in [0.5, 0.6) is 0 Å². The first-order valence-electron chi connectivity index (χ1n) is 11.9. The largest absolute Gasteiger partial charge is 0.405 e. The van der Waals surface area contributed by atoms with Gasteiger partial charge in [-0.25, -0.2) is 9.78 Å². The van der Waals surface area contributed by atoms with E-state index in [0.29, 0.717) is 43.2 Å². The molecule has 5 rings (SSSR count). The molecule has 0 bridgehead atoms. The molecule has 3 heterocycles. The minimum Gasteiger partial charge on any atom is -0.378 e. The number of nitrogens with one attached hydrogen (secondary N) is 2. The van der Waals surface area contributed by atoms with E-state index in [9.17, 15) is 22.8 Å². The summed E-state index contributed by atoms with van der Waals surface area (Å²) in [7, 11) is 0. The van der Waals surface area contributed by atoms with Crippen LogP contribution < -0.4 is 10.6 Å². The van der Waals surface area contributed by atoms with E-state index >= 15 is 0 Å². The van der Waals surface area contributed by atoms with Gasteiger partial charge in [0.15, 0.2) is 0 Å². The first-order valence-corrected chi connectivity index (χ1v) is 11.9. The number of carbonyl (C=O) groups excluding carboxylic acids is 2. The minimum absolute atomic E-state index is 0. The molecule has 0 aliphatic carbocycles. The summed E-state index contributed by atoms with van der Waals surface area (Å²) >= 11 is 0. The molecule has 0 atom stereocenters. The van der Waals surface area contributed by atoms with Crippen LogP contribution >= 0.6 is 12.4 Å². The van der Waals surface area contributed by atoms with Gasteiger partial charge in [0.25, 0.3) is 5.91 Å². The summed E-state index contributed by atoms with van der Waals surface area (Å²) in [6, 6.07) is 17.1. The number of carbonyl (C=O) groups is 2. The van der Waals surface area contributed by atoms with Crippen LogP contribution in [0.2, 0.25) is 0 Å². The second-order valence-electron chi connectivity index (χ2n) is 8.78. The minimum atomic E-state index is -4.49. The zero-order valence-corrected chi connectivity index (χ0v) is 21.4. The highest BCUT2D eigenvalue weighted by atomic mass is 35.5. The van der Waals surface area contributed by atoms with Crippen molar-refractivity contribution >= 4 is 35.7 Å². The van der Waals surface area contributed by atoms with Crippen LogP contribution in [0.4, 0.5) is 23.7 Å². The van der Waals surface area contributed by atoms with Crippen LogP contribution in [0.1, 0.15) is 10.4 Å². The number of rotatable bonds is 5. The van der Waals surface area contributed by atoms with E-state index in [1.165, 1.54) is 0 Å². The van der Waals surface area contributed by atoms with Crippen LogP contribution in [0.15, 0.2) is 73.1 Å². The van der Waals surface area contributed by atoms with Crippen LogP contribution in [-0.2, 0) is 4.74 Å². The lowest BCUT2D eigenvalue weighted by molar-refractivity contribution is -0.122. The molecule has 0 radical (unpaired) electrons. The van der Waals surface area contributed by atoms with Crippen molar-refractivity contribution in [2.75, 3.05) is 38.2 Å². The second kappa shape index (κ2) is 11.7. The number of alkyl halides is 3. The van der Waals surface area contributed by atoms with Crippen molar-refractivity contribution in [2.24, 2.45) is 0 Å². The molecule has 4 aromatic rings. The Balaban J connectivity index is 0.00000353. The van der Waals surface area contributed by atoms with Gasteiger partial charge in [0.2, 0.25) is 0 Å². The fraction of sp³-hybridized carbons (Fsp3) is 0.222. The molecule has 0 unspecified atom stereocenters. The lowest BCUT2D eigenvalue weighted by Crippen LogP contribution is -2.40. The molecule has 1 aliphatic heterocycles. The van der Waals surface area contributed by atoms with Gasteiger partial charge < -0.3 is 20.3 Å². The van der Waals surface area contributed by atoms with Gasteiger partial charge in [-0.15, -0.1) is 12.4 Å². The Kier molecular flexibility index (Phi) is 8.41. The van der Waals surface area contributed by atoms with Gasteiger partial charge in [-0.2, -0.15) is 13.2 Å².